The van der Waals surface area contributed by atoms with Crippen LogP contribution in [0.25, 0.3) is 0 Å². The first-order valence-corrected chi connectivity index (χ1v) is 9.89. The molecular weight excluding hydrogens is 357 g/mol. The number of hydrogen-bond acceptors (Lipinski definition) is 7. The van der Waals surface area contributed by atoms with Gasteiger partial charge >= 0.3 is 0 Å². The van der Waals surface area contributed by atoms with Crippen molar-refractivity contribution < 1.29 is 0 Å². The van der Waals surface area contributed by atoms with Gasteiger partial charge in [-0.2, -0.15) is 88.4 Å². The highest BCUT2D eigenvalue weighted by atomic mass is 32.1. The van der Waals surface area contributed by atoms with Crippen LogP contribution in [0, 0.1) is 0 Å². The van der Waals surface area contributed by atoms with E-state index in [1.54, 1.807) is 0 Å². The fraction of sp³-hybridized carbons (Fsp3) is 1.00. The Morgan fingerprint density at radius 1 is 0.556 bits per heavy atom. The maximum Gasteiger partial charge on any atom is 0.0145 e. The molecule has 0 saturated heterocycles. The van der Waals surface area contributed by atoms with Gasteiger partial charge in [0.2, 0.25) is 0 Å². The molecule has 5 unspecified atom stereocenters. The van der Waals surface area contributed by atoms with Crippen molar-refractivity contribution >= 4 is 88.4 Å². The molecule has 0 rings (SSSR count). The first kappa shape index (κ1) is 20.5. The summed E-state index contributed by atoms with van der Waals surface area (Å²) in [5, 5.41) is 1.32. The summed E-state index contributed by atoms with van der Waals surface area (Å²) in [7, 11) is 0. The highest BCUT2D eigenvalue weighted by Crippen LogP contribution is 2.27. The second kappa shape index (κ2) is 12.0. The van der Waals surface area contributed by atoms with Crippen molar-refractivity contribution in [2.45, 2.75) is 51.9 Å². The van der Waals surface area contributed by atoms with Gasteiger partial charge in [-0.15, -0.1) is 0 Å². The maximum absolute atomic E-state index is 4.64. The minimum Gasteiger partial charge on any atom is -0.179 e. The molecule has 0 aliphatic carbocycles. The molecule has 0 bridgehead atoms. The lowest BCUT2D eigenvalue weighted by Crippen LogP contribution is -2.27. The van der Waals surface area contributed by atoms with Crippen molar-refractivity contribution in [2.24, 2.45) is 0 Å². The summed E-state index contributed by atoms with van der Waals surface area (Å²) >= 11 is 31.4. The largest absolute Gasteiger partial charge is 0.179 e. The van der Waals surface area contributed by atoms with E-state index in [0.29, 0.717) is 5.25 Å². The van der Waals surface area contributed by atoms with Gasteiger partial charge in [0.25, 0.3) is 0 Å². The Bertz CT molecular complexity index is 202. The van der Waals surface area contributed by atoms with E-state index in [0.717, 1.165) is 37.2 Å². The molecule has 0 saturated carbocycles. The second-order valence-electron chi connectivity index (χ2n) is 4.42. The zero-order chi connectivity index (χ0) is 14.1. The normalized spacial score (nSPS) is 20.2. The van der Waals surface area contributed by atoms with Crippen molar-refractivity contribution in [3.05, 3.63) is 0 Å². The monoisotopic (exact) mass is 380 g/mol. The number of rotatable bonds is 10. The van der Waals surface area contributed by atoms with E-state index < -0.39 is 0 Å². The Labute approximate surface area is 150 Å². The first-order valence-electron chi connectivity index (χ1n) is 6.04. The Hall–Kier alpha value is 2.45. The third-order valence-electron chi connectivity index (χ3n) is 2.77. The SMILES string of the molecule is SCCC(S)CC(S)C(S)CC(S)C(S)CCS. The van der Waals surface area contributed by atoms with Crippen molar-refractivity contribution in [1.82, 2.24) is 0 Å². The smallest absolute Gasteiger partial charge is 0.0145 e. The summed E-state index contributed by atoms with van der Waals surface area (Å²) in [5.74, 6) is 1.70. The van der Waals surface area contributed by atoms with Gasteiger partial charge < -0.3 is 0 Å². The molecule has 0 amide bonds. The summed E-state index contributed by atoms with van der Waals surface area (Å²) in [6.45, 7) is 0. The molecular formula is C11H24S7. The summed E-state index contributed by atoms with van der Waals surface area (Å²) in [5.41, 5.74) is 0. The van der Waals surface area contributed by atoms with Gasteiger partial charge in [-0.1, -0.05) is 0 Å². The van der Waals surface area contributed by atoms with Crippen LogP contribution in [0.2, 0.25) is 0 Å². The predicted molar refractivity (Wildman–Crippen MR) is 110 cm³/mol. The van der Waals surface area contributed by atoms with Gasteiger partial charge in [0.1, 0.15) is 0 Å². The van der Waals surface area contributed by atoms with Crippen molar-refractivity contribution in [2.75, 3.05) is 11.5 Å². The third-order valence-corrected chi connectivity index (χ3v) is 6.56. The van der Waals surface area contributed by atoms with Crippen LogP contribution in [0.5, 0.6) is 0 Å². The quantitative estimate of drug-likeness (QED) is 0.275. The summed E-state index contributed by atoms with van der Waals surface area (Å²) in [4.78, 5) is 0. The Kier molecular flexibility index (Phi) is 13.7. The number of hydrogen-bond donors (Lipinski definition) is 7. The Morgan fingerprint density at radius 2 is 1.00 bits per heavy atom. The molecule has 0 aromatic rings. The van der Waals surface area contributed by atoms with Crippen molar-refractivity contribution in [1.29, 1.82) is 0 Å². The van der Waals surface area contributed by atoms with E-state index >= 15 is 0 Å². The summed E-state index contributed by atoms with van der Waals surface area (Å²) < 4.78 is 0. The van der Waals surface area contributed by atoms with E-state index in [2.05, 4.69) is 88.4 Å². The van der Waals surface area contributed by atoms with Crippen LogP contribution in [0.3, 0.4) is 0 Å². The highest BCUT2D eigenvalue weighted by molar-refractivity contribution is 7.86. The van der Waals surface area contributed by atoms with Gasteiger partial charge in [-0.3, -0.25) is 0 Å². The predicted octanol–water partition coefficient (Wildman–Crippen LogP) is 3.90. The molecule has 5 atom stereocenters. The minimum atomic E-state index is 0.222. The van der Waals surface area contributed by atoms with Gasteiger partial charge in [0, 0.05) is 26.2 Å². The molecule has 0 N–H and O–H groups in total. The first-order chi connectivity index (χ1) is 8.42. The highest BCUT2D eigenvalue weighted by Gasteiger charge is 2.22. The summed E-state index contributed by atoms with van der Waals surface area (Å²) in [6.07, 6.45) is 3.82. The molecule has 0 aliphatic heterocycles. The maximum atomic E-state index is 4.64. The minimum absolute atomic E-state index is 0.222. The van der Waals surface area contributed by atoms with Crippen molar-refractivity contribution in [3.63, 3.8) is 0 Å². The van der Waals surface area contributed by atoms with Gasteiger partial charge in [0.15, 0.2) is 0 Å². The van der Waals surface area contributed by atoms with Gasteiger partial charge in [0.05, 0.1) is 0 Å². The van der Waals surface area contributed by atoms with Gasteiger partial charge in [-0.25, -0.2) is 0 Å². The van der Waals surface area contributed by atoms with Crippen LogP contribution in [-0.2, 0) is 0 Å². The Morgan fingerprint density at radius 3 is 1.50 bits per heavy atom. The molecule has 0 nitrogen and oxygen atoms in total. The molecule has 0 spiro atoms. The lowest BCUT2D eigenvalue weighted by molar-refractivity contribution is 0.626. The van der Waals surface area contributed by atoms with Crippen LogP contribution in [0.15, 0.2) is 0 Å². The fourth-order valence-corrected chi connectivity index (χ4v) is 4.63. The van der Waals surface area contributed by atoms with Crippen molar-refractivity contribution in [3.8, 4) is 0 Å². The molecule has 0 radical (unpaired) electrons. The lowest BCUT2D eigenvalue weighted by atomic mass is 10.1. The van der Waals surface area contributed by atoms with E-state index in [1.165, 1.54) is 0 Å². The van der Waals surface area contributed by atoms with Gasteiger partial charge in [-0.05, 0) is 37.2 Å². The van der Waals surface area contributed by atoms with Crippen LogP contribution in [-0.4, -0.2) is 37.8 Å². The molecule has 7 heteroatoms. The molecule has 0 aromatic heterocycles. The third kappa shape index (κ3) is 9.40. The van der Waals surface area contributed by atoms with Crippen LogP contribution >= 0.6 is 88.4 Å². The molecule has 0 aliphatic rings. The topological polar surface area (TPSA) is 0 Å². The van der Waals surface area contributed by atoms with E-state index in [-0.39, 0.29) is 21.0 Å². The van der Waals surface area contributed by atoms with E-state index in [1.807, 2.05) is 0 Å². The van der Waals surface area contributed by atoms with E-state index in [9.17, 15) is 0 Å². The van der Waals surface area contributed by atoms with Crippen LogP contribution < -0.4 is 0 Å². The second-order valence-corrected chi connectivity index (χ2v) is 8.70. The molecule has 18 heavy (non-hydrogen) atoms. The molecule has 110 valence electrons. The average Bonchev–Trinajstić information content (AvgIpc) is 2.29. The summed E-state index contributed by atoms with van der Waals surface area (Å²) in [6, 6.07) is 0. The van der Waals surface area contributed by atoms with Crippen LogP contribution in [0.1, 0.15) is 25.7 Å². The van der Waals surface area contributed by atoms with Crippen LogP contribution in [0.4, 0.5) is 0 Å². The zero-order valence-electron chi connectivity index (χ0n) is 10.3. The lowest BCUT2D eigenvalue weighted by Gasteiger charge is -2.26. The number of thiol groups is 7. The fourth-order valence-electron chi connectivity index (χ4n) is 1.59. The zero-order valence-corrected chi connectivity index (χ0v) is 16.5. The van der Waals surface area contributed by atoms with E-state index in [4.69, 9.17) is 0 Å². The standard InChI is InChI=1S/C11H24S7/c12-3-1-7(14)5-9(16)11(18)6-10(17)8(15)2-4-13/h7-18H,1-6H2. The Balaban J connectivity index is 4.02. The average molecular weight is 381 g/mol. The molecule has 0 aromatic carbocycles. The molecule has 0 heterocycles. The molecule has 0 fully saturated rings.